The predicted molar refractivity (Wildman–Crippen MR) is 114 cm³/mol. The van der Waals surface area contributed by atoms with Gasteiger partial charge < -0.3 is 14.6 Å². The first kappa shape index (κ1) is 19.1. The Morgan fingerprint density at radius 2 is 1.86 bits per heavy atom. The van der Waals surface area contributed by atoms with Crippen molar-refractivity contribution in [3.05, 3.63) is 66.6 Å². The van der Waals surface area contributed by atoms with Gasteiger partial charge >= 0.3 is 0 Å². The second kappa shape index (κ2) is 9.30. The van der Waals surface area contributed by atoms with E-state index < -0.39 is 0 Å². The van der Waals surface area contributed by atoms with E-state index in [1.54, 1.807) is 18.0 Å². The maximum absolute atomic E-state index is 12.5. The average molecular weight is 396 g/mol. The highest BCUT2D eigenvalue weighted by Gasteiger charge is 2.28. The van der Waals surface area contributed by atoms with E-state index in [2.05, 4.69) is 35.6 Å². The zero-order valence-electron chi connectivity index (χ0n) is 16.0. The number of carbonyl (C=O) groups is 1. The molecule has 0 radical (unpaired) electrons. The van der Waals surface area contributed by atoms with Gasteiger partial charge in [0.25, 0.3) is 0 Å². The summed E-state index contributed by atoms with van der Waals surface area (Å²) in [4.78, 5) is 15.1. The fourth-order valence-corrected chi connectivity index (χ4v) is 4.74. The van der Waals surface area contributed by atoms with Crippen molar-refractivity contribution in [1.82, 2.24) is 5.32 Å². The molecule has 2 heterocycles. The van der Waals surface area contributed by atoms with Gasteiger partial charge in [-0.05, 0) is 54.3 Å². The molecule has 0 unspecified atom stereocenters. The summed E-state index contributed by atoms with van der Waals surface area (Å²) in [5, 5.41) is 5.57. The highest BCUT2D eigenvalue weighted by Crippen LogP contribution is 2.23. The molecular weight excluding hydrogens is 368 g/mol. The van der Waals surface area contributed by atoms with Crippen molar-refractivity contribution in [3.8, 4) is 0 Å². The zero-order valence-corrected chi connectivity index (χ0v) is 16.8. The number of hydrogen-bond acceptors (Lipinski definition) is 3. The molecule has 3 aromatic rings. The van der Waals surface area contributed by atoms with Crippen molar-refractivity contribution in [2.24, 2.45) is 0 Å². The summed E-state index contributed by atoms with van der Waals surface area (Å²) in [6.07, 6.45) is 5.53. The van der Waals surface area contributed by atoms with Gasteiger partial charge in [0.1, 0.15) is 0 Å². The normalized spacial score (nSPS) is 16.1. The maximum Gasteiger partial charge on any atom is 0.230 e. The Morgan fingerprint density at radius 3 is 2.64 bits per heavy atom. The minimum atomic E-state index is 0.0751. The molecule has 0 saturated carbocycles. The summed E-state index contributed by atoms with van der Waals surface area (Å²) < 4.78 is 5.67. The summed E-state index contributed by atoms with van der Waals surface area (Å²) >= 11 is 1.59. The van der Waals surface area contributed by atoms with Crippen LogP contribution in [0.3, 0.4) is 0 Å². The minimum absolute atomic E-state index is 0.0751. The first-order valence-electron chi connectivity index (χ1n) is 10.1. The molecule has 2 N–H and O–H groups in total. The lowest BCUT2D eigenvalue weighted by Crippen LogP contribution is -3.13. The van der Waals surface area contributed by atoms with Gasteiger partial charge in [0.2, 0.25) is 5.91 Å². The van der Waals surface area contributed by atoms with Crippen LogP contribution in [0.4, 0.5) is 0 Å². The summed E-state index contributed by atoms with van der Waals surface area (Å²) in [6.45, 7) is 2.92. The number of carbonyl (C=O) groups excluding carboxylic acids is 1. The largest absolute Gasteiger partial charge is 0.463 e. The fraction of sp³-hybridized carbons (Fsp3) is 0.348. The maximum atomic E-state index is 12.5. The molecule has 1 atom stereocenters. The van der Waals surface area contributed by atoms with Gasteiger partial charge in [-0.3, -0.25) is 4.79 Å². The highest BCUT2D eigenvalue weighted by molar-refractivity contribution is 8.00. The molecule has 1 aliphatic heterocycles. The number of amides is 1. The second-order valence-corrected chi connectivity index (χ2v) is 8.44. The third-order valence-corrected chi connectivity index (χ3v) is 6.46. The Bertz CT molecular complexity index is 904. The van der Waals surface area contributed by atoms with Crippen molar-refractivity contribution in [3.63, 3.8) is 0 Å². The number of piperidine rings is 1. The zero-order chi connectivity index (χ0) is 19.2. The van der Waals surface area contributed by atoms with E-state index in [-0.39, 0.29) is 11.9 Å². The Balaban J connectivity index is 1.32. The van der Waals surface area contributed by atoms with Crippen LogP contribution in [0.15, 0.2) is 70.2 Å². The van der Waals surface area contributed by atoms with Gasteiger partial charge in [0.05, 0.1) is 31.7 Å². The number of furan rings is 1. The molecule has 0 spiro atoms. The molecule has 5 heteroatoms. The van der Waals surface area contributed by atoms with Gasteiger partial charge in [-0.2, -0.15) is 0 Å². The van der Waals surface area contributed by atoms with Crippen LogP contribution in [0.1, 0.15) is 31.1 Å². The summed E-state index contributed by atoms with van der Waals surface area (Å²) in [5.41, 5.74) is 0. The highest BCUT2D eigenvalue weighted by atomic mass is 32.2. The molecule has 1 amide bonds. The van der Waals surface area contributed by atoms with E-state index in [1.165, 1.54) is 34.9 Å². The van der Waals surface area contributed by atoms with Crippen LogP contribution in [-0.4, -0.2) is 31.3 Å². The lowest BCUT2D eigenvalue weighted by Gasteiger charge is -2.30. The number of rotatable bonds is 7. The second-order valence-electron chi connectivity index (χ2n) is 7.39. The van der Waals surface area contributed by atoms with Crippen molar-refractivity contribution < 1.29 is 14.1 Å². The van der Waals surface area contributed by atoms with Gasteiger partial charge in [-0.15, -0.1) is 11.8 Å². The summed E-state index contributed by atoms with van der Waals surface area (Å²) in [6, 6.07) is 18.8. The van der Waals surface area contributed by atoms with Crippen LogP contribution in [-0.2, 0) is 4.79 Å². The number of quaternary nitrogens is 1. The van der Waals surface area contributed by atoms with Gasteiger partial charge in [0.15, 0.2) is 11.8 Å². The minimum Gasteiger partial charge on any atom is -0.463 e. The first-order valence-corrected chi connectivity index (χ1v) is 11.0. The number of thioether (sulfide) groups is 1. The van der Waals surface area contributed by atoms with E-state index >= 15 is 0 Å². The number of nitrogens with one attached hydrogen (secondary N) is 2. The monoisotopic (exact) mass is 395 g/mol. The number of fused-ring (bicyclic) bond motifs is 1. The summed E-state index contributed by atoms with van der Waals surface area (Å²) in [5.74, 6) is 1.48. The molecule has 146 valence electrons. The molecule has 28 heavy (non-hydrogen) atoms. The Hall–Kier alpha value is -2.24. The number of benzene rings is 2. The van der Waals surface area contributed by atoms with Crippen molar-refractivity contribution in [1.29, 1.82) is 0 Å². The van der Waals surface area contributed by atoms with E-state index in [4.69, 9.17) is 4.42 Å². The lowest BCUT2D eigenvalue weighted by atomic mass is 10.1. The van der Waals surface area contributed by atoms with Gasteiger partial charge in [-0.25, -0.2) is 0 Å². The van der Waals surface area contributed by atoms with E-state index in [9.17, 15) is 4.79 Å². The molecule has 4 nitrogen and oxygen atoms in total. The first-order chi connectivity index (χ1) is 13.8. The topological polar surface area (TPSA) is 46.7 Å². The molecule has 1 aromatic heterocycles. The standard InChI is InChI=1S/C23H26N2O2S/c26-23(17-28-20-11-10-18-7-2-3-8-19(18)15-20)24-16-21(22-9-6-14-27-22)25-12-4-1-5-13-25/h2-3,6-11,14-15,21H,1,4-5,12-13,16-17H2,(H,24,26)/p+1/t21-/m0/s1. The molecule has 1 fully saturated rings. The van der Waals surface area contributed by atoms with E-state index in [0.717, 1.165) is 23.7 Å². The van der Waals surface area contributed by atoms with Gasteiger partial charge in [0, 0.05) is 4.90 Å². The molecule has 4 rings (SSSR count). The average Bonchev–Trinajstić information content (AvgIpc) is 3.27. The summed E-state index contributed by atoms with van der Waals surface area (Å²) in [7, 11) is 0. The predicted octanol–water partition coefficient (Wildman–Crippen LogP) is 3.45. The lowest BCUT2D eigenvalue weighted by molar-refractivity contribution is -0.936. The molecular formula is C23H27N2O2S+. The molecule has 2 aromatic carbocycles. The number of hydrogen-bond donors (Lipinski definition) is 2. The quantitative estimate of drug-likeness (QED) is 0.603. The molecule has 0 bridgehead atoms. The molecule has 1 aliphatic rings. The van der Waals surface area contributed by atoms with Crippen LogP contribution in [0, 0.1) is 0 Å². The van der Waals surface area contributed by atoms with Crippen molar-refractivity contribution >= 4 is 28.4 Å². The third kappa shape index (κ3) is 4.78. The molecule has 1 saturated heterocycles. The van der Waals surface area contributed by atoms with Crippen LogP contribution in [0.25, 0.3) is 10.8 Å². The smallest absolute Gasteiger partial charge is 0.230 e. The van der Waals surface area contributed by atoms with E-state index in [1.807, 2.05) is 24.3 Å². The SMILES string of the molecule is O=C(CSc1ccc2ccccc2c1)NC[C@@H](c1ccco1)[NH+]1CCCCC1. The number of likely N-dealkylation sites (tertiary alicyclic amines) is 1. The van der Waals surface area contributed by atoms with E-state index in [0.29, 0.717) is 12.3 Å². The van der Waals surface area contributed by atoms with Crippen LogP contribution >= 0.6 is 11.8 Å². The Kier molecular flexibility index (Phi) is 6.34. The van der Waals surface area contributed by atoms with Crippen molar-refractivity contribution in [2.45, 2.75) is 30.2 Å². The van der Waals surface area contributed by atoms with Gasteiger partial charge in [-0.1, -0.05) is 30.3 Å². The fourth-order valence-electron chi connectivity index (χ4n) is 3.96. The Labute approximate surface area is 170 Å². The third-order valence-electron chi connectivity index (χ3n) is 5.47. The van der Waals surface area contributed by atoms with Crippen LogP contribution < -0.4 is 10.2 Å². The molecule has 0 aliphatic carbocycles. The van der Waals surface area contributed by atoms with Crippen LogP contribution in [0.2, 0.25) is 0 Å². The Morgan fingerprint density at radius 1 is 1.04 bits per heavy atom. The van der Waals surface area contributed by atoms with Crippen molar-refractivity contribution in [2.75, 3.05) is 25.4 Å². The van der Waals surface area contributed by atoms with Crippen LogP contribution in [0.5, 0.6) is 0 Å².